The van der Waals surface area contributed by atoms with Crippen molar-refractivity contribution in [3.05, 3.63) is 54.1 Å². The molecule has 1 heterocycles. The summed E-state index contributed by atoms with van der Waals surface area (Å²) >= 11 is 0. The number of likely N-dealkylation sites (tertiary alicyclic amines) is 1. The first kappa shape index (κ1) is 28.9. The van der Waals surface area contributed by atoms with Crippen molar-refractivity contribution in [3.63, 3.8) is 0 Å². The van der Waals surface area contributed by atoms with E-state index in [2.05, 4.69) is 5.32 Å². The third-order valence-electron chi connectivity index (χ3n) is 6.32. The SMILES string of the molecule is CCN(CC)C(=O)/C=C/c1ccc(NCC2CCCN2C(=O)OC(C)(C)C)c(Oc2ccc(OC)cc2)c1. The zero-order valence-corrected chi connectivity index (χ0v) is 23.5. The molecule has 2 aromatic rings. The summed E-state index contributed by atoms with van der Waals surface area (Å²) < 4.78 is 17.1. The van der Waals surface area contributed by atoms with Crippen LogP contribution in [0.2, 0.25) is 0 Å². The van der Waals surface area contributed by atoms with Crippen LogP contribution in [-0.2, 0) is 9.53 Å². The second kappa shape index (κ2) is 13.2. The standard InChI is InChI=1S/C30H41N3O5/c1-7-32(8-2)28(34)18-12-22-11-17-26(27(20-22)37-25-15-13-24(36-6)14-16-25)31-21-23-10-9-19-33(23)29(35)38-30(3,4)5/h11-18,20,23,31H,7-10,19,21H2,1-6H3/b18-12+. The Bertz CT molecular complexity index is 1100. The van der Waals surface area contributed by atoms with Gasteiger partial charge in [0.2, 0.25) is 5.91 Å². The monoisotopic (exact) mass is 523 g/mol. The summed E-state index contributed by atoms with van der Waals surface area (Å²) in [5.74, 6) is 1.99. The molecule has 2 aromatic carbocycles. The van der Waals surface area contributed by atoms with E-state index in [1.165, 1.54) is 0 Å². The van der Waals surface area contributed by atoms with Gasteiger partial charge in [0.15, 0.2) is 5.75 Å². The molecule has 8 nitrogen and oxygen atoms in total. The van der Waals surface area contributed by atoms with Crippen LogP contribution in [0.4, 0.5) is 10.5 Å². The van der Waals surface area contributed by atoms with Gasteiger partial charge >= 0.3 is 6.09 Å². The molecule has 1 aliphatic rings. The molecule has 0 spiro atoms. The Labute approximate surface area is 226 Å². The molecular formula is C30H41N3O5. The Morgan fingerprint density at radius 1 is 1.08 bits per heavy atom. The predicted octanol–water partition coefficient (Wildman–Crippen LogP) is 6.18. The van der Waals surface area contributed by atoms with Crippen molar-refractivity contribution in [3.8, 4) is 17.2 Å². The van der Waals surface area contributed by atoms with Crippen LogP contribution < -0.4 is 14.8 Å². The molecule has 1 atom stereocenters. The number of ether oxygens (including phenoxy) is 3. The molecule has 8 heteroatoms. The van der Waals surface area contributed by atoms with Gasteiger partial charge in [0.05, 0.1) is 18.8 Å². The van der Waals surface area contributed by atoms with Gasteiger partial charge in [0.25, 0.3) is 0 Å². The van der Waals surface area contributed by atoms with Crippen LogP contribution in [0.15, 0.2) is 48.5 Å². The third kappa shape index (κ3) is 8.16. The fourth-order valence-corrected chi connectivity index (χ4v) is 4.29. The Kier molecular flexibility index (Phi) is 10.0. The number of hydrogen-bond donors (Lipinski definition) is 1. The molecule has 1 unspecified atom stereocenters. The largest absolute Gasteiger partial charge is 0.497 e. The van der Waals surface area contributed by atoms with E-state index in [9.17, 15) is 9.59 Å². The number of rotatable bonds is 10. The first-order valence-electron chi connectivity index (χ1n) is 13.3. The summed E-state index contributed by atoms with van der Waals surface area (Å²) in [4.78, 5) is 28.7. The van der Waals surface area contributed by atoms with Gasteiger partial charge in [0, 0.05) is 32.3 Å². The minimum atomic E-state index is -0.535. The molecule has 0 saturated carbocycles. The Hall–Kier alpha value is -3.68. The molecule has 1 N–H and O–H groups in total. The topological polar surface area (TPSA) is 80.3 Å². The van der Waals surface area contributed by atoms with Crippen LogP contribution in [-0.4, -0.2) is 66.7 Å². The quantitative estimate of drug-likeness (QED) is 0.375. The number of carbonyl (C=O) groups excluding carboxylic acids is 2. The molecule has 2 amide bonds. The fraction of sp³-hybridized carbons (Fsp3) is 0.467. The Morgan fingerprint density at radius 3 is 2.39 bits per heavy atom. The van der Waals surface area contributed by atoms with E-state index in [-0.39, 0.29) is 18.0 Å². The maximum absolute atomic E-state index is 12.7. The first-order valence-corrected chi connectivity index (χ1v) is 13.3. The molecule has 206 valence electrons. The average Bonchev–Trinajstić information content (AvgIpc) is 3.36. The highest BCUT2D eigenvalue weighted by atomic mass is 16.6. The lowest BCUT2D eigenvalue weighted by molar-refractivity contribution is -0.125. The summed E-state index contributed by atoms with van der Waals surface area (Å²) in [5, 5.41) is 3.48. The highest BCUT2D eigenvalue weighted by Crippen LogP contribution is 2.33. The van der Waals surface area contributed by atoms with Gasteiger partial charge in [0.1, 0.15) is 17.1 Å². The number of nitrogens with zero attached hydrogens (tertiary/aromatic N) is 2. The minimum Gasteiger partial charge on any atom is -0.497 e. The summed E-state index contributed by atoms with van der Waals surface area (Å²) in [6.45, 7) is 12.1. The van der Waals surface area contributed by atoms with Gasteiger partial charge in [-0.25, -0.2) is 4.79 Å². The average molecular weight is 524 g/mol. The van der Waals surface area contributed by atoms with Crippen molar-refractivity contribution in [2.75, 3.05) is 38.6 Å². The van der Waals surface area contributed by atoms with E-state index in [1.54, 1.807) is 29.1 Å². The van der Waals surface area contributed by atoms with Crippen LogP contribution >= 0.6 is 0 Å². The summed E-state index contributed by atoms with van der Waals surface area (Å²) in [7, 11) is 1.62. The molecule has 0 aliphatic carbocycles. The van der Waals surface area contributed by atoms with Crippen LogP contribution in [0.25, 0.3) is 6.08 Å². The number of likely N-dealkylation sites (N-methyl/N-ethyl adjacent to an activating group) is 1. The zero-order valence-electron chi connectivity index (χ0n) is 23.5. The van der Waals surface area contributed by atoms with E-state index in [4.69, 9.17) is 14.2 Å². The molecule has 0 radical (unpaired) electrons. The summed E-state index contributed by atoms with van der Waals surface area (Å²) in [6.07, 6.45) is 4.94. The first-order chi connectivity index (χ1) is 18.1. The van der Waals surface area contributed by atoms with Crippen molar-refractivity contribution in [2.24, 2.45) is 0 Å². The number of nitrogens with one attached hydrogen (secondary N) is 1. The lowest BCUT2D eigenvalue weighted by Crippen LogP contribution is -2.42. The van der Waals surface area contributed by atoms with Crippen LogP contribution in [0.5, 0.6) is 17.2 Å². The van der Waals surface area contributed by atoms with Crippen LogP contribution in [0.3, 0.4) is 0 Å². The molecule has 1 fully saturated rings. The Morgan fingerprint density at radius 2 is 1.76 bits per heavy atom. The van der Waals surface area contributed by atoms with Gasteiger partial charge in [-0.3, -0.25) is 4.79 Å². The Balaban J connectivity index is 1.79. The number of benzene rings is 2. The van der Waals surface area contributed by atoms with Crippen LogP contribution in [0.1, 0.15) is 53.0 Å². The molecular weight excluding hydrogens is 482 g/mol. The van der Waals surface area contributed by atoms with E-state index >= 15 is 0 Å². The van der Waals surface area contributed by atoms with Crippen molar-refractivity contribution in [2.45, 2.75) is 59.1 Å². The van der Waals surface area contributed by atoms with Crippen molar-refractivity contribution in [1.29, 1.82) is 0 Å². The summed E-state index contributed by atoms with van der Waals surface area (Å²) in [6, 6.07) is 13.2. The van der Waals surface area contributed by atoms with Gasteiger partial charge in [-0.1, -0.05) is 6.07 Å². The maximum Gasteiger partial charge on any atom is 0.410 e. The van der Waals surface area contributed by atoms with Crippen LogP contribution in [0, 0.1) is 0 Å². The minimum absolute atomic E-state index is 0.0185. The van der Waals surface area contributed by atoms with Gasteiger partial charge in [-0.05, 0) is 95.5 Å². The number of hydrogen-bond acceptors (Lipinski definition) is 6. The van der Waals surface area contributed by atoms with Crippen molar-refractivity contribution in [1.82, 2.24) is 9.80 Å². The normalized spacial score (nSPS) is 15.4. The highest BCUT2D eigenvalue weighted by molar-refractivity contribution is 5.92. The number of carbonyl (C=O) groups is 2. The summed E-state index contributed by atoms with van der Waals surface area (Å²) in [5.41, 5.74) is 1.10. The molecule has 0 aromatic heterocycles. The number of amides is 2. The van der Waals surface area contributed by atoms with E-state index in [0.29, 0.717) is 37.7 Å². The van der Waals surface area contributed by atoms with Crippen molar-refractivity contribution < 1.29 is 23.8 Å². The van der Waals surface area contributed by atoms with Gasteiger partial charge in [-0.15, -0.1) is 0 Å². The molecule has 1 aliphatic heterocycles. The molecule has 0 bridgehead atoms. The highest BCUT2D eigenvalue weighted by Gasteiger charge is 2.32. The van der Waals surface area contributed by atoms with E-state index < -0.39 is 5.60 Å². The molecule has 38 heavy (non-hydrogen) atoms. The third-order valence-corrected chi connectivity index (χ3v) is 6.32. The lowest BCUT2D eigenvalue weighted by Gasteiger charge is -2.29. The van der Waals surface area contributed by atoms with Gasteiger partial charge in [-0.2, -0.15) is 0 Å². The molecule has 1 saturated heterocycles. The number of methoxy groups -OCH3 is 1. The lowest BCUT2D eigenvalue weighted by atomic mass is 10.1. The predicted molar refractivity (Wildman–Crippen MR) is 151 cm³/mol. The number of anilines is 1. The fourth-order valence-electron chi connectivity index (χ4n) is 4.29. The van der Waals surface area contributed by atoms with Gasteiger partial charge < -0.3 is 29.3 Å². The maximum atomic E-state index is 12.7. The zero-order chi connectivity index (χ0) is 27.7. The van der Waals surface area contributed by atoms with E-state index in [1.807, 2.05) is 77.1 Å². The second-order valence-corrected chi connectivity index (χ2v) is 10.2. The smallest absolute Gasteiger partial charge is 0.410 e. The van der Waals surface area contributed by atoms with Crippen molar-refractivity contribution >= 4 is 23.8 Å². The second-order valence-electron chi connectivity index (χ2n) is 10.2. The molecule has 3 rings (SSSR count). The van der Waals surface area contributed by atoms with E-state index in [0.717, 1.165) is 29.8 Å².